The number of nitrogens with zero attached hydrogens (tertiary/aromatic N) is 1. The fraction of sp³-hybridized carbons (Fsp3) is 0.300. The van der Waals surface area contributed by atoms with Crippen molar-refractivity contribution < 1.29 is 0 Å². The Labute approximate surface area is 78.0 Å². The van der Waals surface area contributed by atoms with Crippen molar-refractivity contribution >= 4 is 17.2 Å². The number of rotatable bonds is 0. The van der Waals surface area contributed by atoms with Gasteiger partial charge in [-0.05, 0) is 12.5 Å². The highest BCUT2D eigenvalue weighted by molar-refractivity contribution is 7.80. The molecule has 12 heavy (non-hydrogen) atoms. The topological polar surface area (TPSA) is 3.24 Å². The van der Waals surface area contributed by atoms with Gasteiger partial charge in [0.1, 0.15) is 4.99 Å². The lowest BCUT2D eigenvalue weighted by Crippen LogP contribution is -2.19. The molecule has 1 atom stereocenters. The van der Waals surface area contributed by atoms with Crippen LogP contribution in [0, 0.1) is 0 Å². The number of hydrogen-bond donors (Lipinski definition) is 0. The molecule has 1 aliphatic rings. The molecule has 1 heterocycles. The first kappa shape index (κ1) is 7.74. The molecule has 62 valence electrons. The van der Waals surface area contributed by atoms with E-state index in [0.717, 1.165) is 4.99 Å². The van der Waals surface area contributed by atoms with E-state index in [9.17, 15) is 0 Å². The standard InChI is InChI=1S/C10H11NS/c1-7-8-5-3-4-6-9(8)10(12)11(7)2/h3-7H,1-2H3. The molecule has 0 aromatic heterocycles. The number of hydrogen-bond acceptors (Lipinski definition) is 1. The smallest absolute Gasteiger partial charge is 0.109 e. The van der Waals surface area contributed by atoms with Crippen LogP contribution in [0.1, 0.15) is 24.1 Å². The van der Waals surface area contributed by atoms with Crippen molar-refractivity contribution in [1.29, 1.82) is 0 Å². The van der Waals surface area contributed by atoms with Gasteiger partial charge in [-0.2, -0.15) is 0 Å². The minimum atomic E-state index is 0.439. The molecule has 0 fully saturated rings. The Hall–Kier alpha value is -0.890. The van der Waals surface area contributed by atoms with Crippen molar-refractivity contribution in [3.05, 3.63) is 35.4 Å². The van der Waals surface area contributed by atoms with E-state index in [4.69, 9.17) is 12.2 Å². The molecule has 0 saturated heterocycles. The van der Waals surface area contributed by atoms with Crippen molar-refractivity contribution in [1.82, 2.24) is 4.90 Å². The van der Waals surface area contributed by atoms with Crippen LogP contribution in [0.3, 0.4) is 0 Å². The van der Waals surface area contributed by atoms with E-state index in [1.807, 2.05) is 13.1 Å². The highest BCUT2D eigenvalue weighted by Crippen LogP contribution is 2.31. The predicted octanol–water partition coefficient (Wildman–Crippen LogP) is 2.37. The molecule has 0 bridgehead atoms. The molecule has 1 nitrogen and oxygen atoms in total. The third-order valence-corrected chi connectivity index (χ3v) is 3.05. The van der Waals surface area contributed by atoms with Crippen LogP contribution in [0.15, 0.2) is 24.3 Å². The largest absolute Gasteiger partial charge is 0.359 e. The molecule has 0 radical (unpaired) electrons. The van der Waals surface area contributed by atoms with Crippen molar-refractivity contribution in [3.63, 3.8) is 0 Å². The normalized spacial score (nSPS) is 21.3. The van der Waals surface area contributed by atoms with Gasteiger partial charge < -0.3 is 4.90 Å². The second-order valence-electron chi connectivity index (χ2n) is 3.18. The molecule has 1 unspecified atom stereocenters. The molecule has 0 N–H and O–H groups in total. The van der Waals surface area contributed by atoms with Gasteiger partial charge in [-0.3, -0.25) is 0 Å². The van der Waals surface area contributed by atoms with Crippen LogP contribution < -0.4 is 0 Å². The molecule has 0 spiro atoms. The first-order chi connectivity index (χ1) is 5.72. The van der Waals surface area contributed by atoms with Gasteiger partial charge in [0.15, 0.2) is 0 Å². The summed E-state index contributed by atoms with van der Waals surface area (Å²) in [5.41, 5.74) is 2.58. The minimum absolute atomic E-state index is 0.439. The van der Waals surface area contributed by atoms with Crippen molar-refractivity contribution in [2.24, 2.45) is 0 Å². The highest BCUT2D eigenvalue weighted by atomic mass is 32.1. The van der Waals surface area contributed by atoms with Gasteiger partial charge in [0.25, 0.3) is 0 Å². The third kappa shape index (κ3) is 0.879. The van der Waals surface area contributed by atoms with Gasteiger partial charge in [-0.25, -0.2) is 0 Å². The van der Waals surface area contributed by atoms with Gasteiger partial charge in [-0.1, -0.05) is 36.5 Å². The van der Waals surface area contributed by atoms with Gasteiger partial charge in [-0.15, -0.1) is 0 Å². The Morgan fingerprint density at radius 2 is 2.00 bits per heavy atom. The maximum absolute atomic E-state index is 5.30. The SMILES string of the molecule is CC1c2ccccc2C(=S)N1C. The summed E-state index contributed by atoms with van der Waals surface area (Å²) in [5, 5.41) is 0. The molecule has 0 aliphatic carbocycles. The summed E-state index contributed by atoms with van der Waals surface area (Å²) in [4.78, 5) is 3.11. The summed E-state index contributed by atoms with van der Waals surface area (Å²) in [6, 6.07) is 8.79. The Bertz CT molecular complexity index is 332. The van der Waals surface area contributed by atoms with Crippen molar-refractivity contribution in [2.75, 3.05) is 7.05 Å². The lowest BCUT2D eigenvalue weighted by atomic mass is 10.1. The molecule has 2 heteroatoms. The number of benzene rings is 1. The summed E-state index contributed by atoms with van der Waals surface area (Å²) in [7, 11) is 2.05. The van der Waals surface area contributed by atoms with E-state index < -0.39 is 0 Å². The van der Waals surface area contributed by atoms with Gasteiger partial charge >= 0.3 is 0 Å². The van der Waals surface area contributed by atoms with Crippen molar-refractivity contribution in [3.8, 4) is 0 Å². The van der Waals surface area contributed by atoms with Crippen LogP contribution in [-0.4, -0.2) is 16.9 Å². The van der Waals surface area contributed by atoms with Gasteiger partial charge in [0, 0.05) is 12.6 Å². The van der Waals surface area contributed by atoms with Crippen molar-refractivity contribution in [2.45, 2.75) is 13.0 Å². The fourth-order valence-electron chi connectivity index (χ4n) is 1.63. The lowest BCUT2D eigenvalue weighted by molar-refractivity contribution is 0.429. The zero-order valence-corrected chi connectivity index (χ0v) is 8.06. The first-order valence-corrected chi connectivity index (χ1v) is 4.48. The Balaban J connectivity index is 2.59. The average molecular weight is 177 g/mol. The molecule has 1 aromatic rings. The van der Waals surface area contributed by atoms with Crippen LogP contribution in [0.4, 0.5) is 0 Å². The molecule has 0 amide bonds. The predicted molar refractivity (Wildman–Crippen MR) is 54.3 cm³/mol. The molecule has 0 saturated carbocycles. The number of thiocarbonyl (C=S) groups is 1. The maximum Gasteiger partial charge on any atom is 0.109 e. The second kappa shape index (κ2) is 2.56. The summed E-state index contributed by atoms with van der Waals surface area (Å²) >= 11 is 5.30. The first-order valence-electron chi connectivity index (χ1n) is 4.08. The van der Waals surface area contributed by atoms with Gasteiger partial charge in [0.2, 0.25) is 0 Å². The third-order valence-electron chi connectivity index (χ3n) is 2.54. The van der Waals surface area contributed by atoms with E-state index >= 15 is 0 Å². The minimum Gasteiger partial charge on any atom is -0.359 e. The second-order valence-corrected chi connectivity index (χ2v) is 3.57. The van der Waals surface area contributed by atoms with E-state index in [-0.39, 0.29) is 0 Å². The molecule has 2 rings (SSSR count). The fourth-order valence-corrected chi connectivity index (χ4v) is 1.97. The van der Waals surface area contributed by atoms with Crippen LogP contribution >= 0.6 is 12.2 Å². The van der Waals surface area contributed by atoms with E-state index in [1.54, 1.807) is 0 Å². The molecular weight excluding hydrogens is 166 g/mol. The molecule has 1 aromatic carbocycles. The van der Waals surface area contributed by atoms with E-state index in [2.05, 4.69) is 30.0 Å². The maximum atomic E-state index is 5.30. The summed E-state index contributed by atoms with van der Waals surface area (Å²) in [6.07, 6.45) is 0. The van der Waals surface area contributed by atoms with Gasteiger partial charge in [0.05, 0.1) is 6.04 Å². The lowest BCUT2D eigenvalue weighted by Gasteiger charge is -2.16. The molecule has 1 aliphatic heterocycles. The van der Waals surface area contributed by atoms with Crippen LogP contribution in [0.2, 0.25) is 0 Å². The van der Waals surface area contributed by atoms with E-state index in [1.165, 1.54) is 11.1 Å². The van der Waals surface area contributed by atoms with Crippen LogP contribution in [0.5, 0.6) is 0 Å². The molecular formula is C10H11NS. The monoisotopic (exact) mass is 177 g/mol. The zero-order chi connectivity index (χ0) is 8.72. The Kier molecular flexibility index (Phi) is 1.65. The Morgan fingerprint density at radius 1 is 1.33 bits per heavy atom. The summed E-state index contributed by atoms with van der Waals surface area (Å²) in [5.74, 6) is 0. The van der Waals surface area contributed by atoms with E-state index in [0.29, 0.717) is 6.04 Å². The quantitative estimate of drug-likeness (QED) is 0.560. The Morgan fingerprint density at radius 3 is 2.67 bits per heavy atom. The van der Waals surface area contributed by atoms with Crippen LogP contribution in [0.25, 0.3) is 0 Å². The highest BCUT2D eigenvalue weighted by Gasteiger charge is 2.26. The summed E-state index contributed by atoms with van der Waals surface area (Å²) < 4.78 is 0. The zero-order valence-electron chi connectivity index (χ0n) is 7.24. The number of fused-ring (bicyclic) bond motifs is 1. The van der Waals surface area contributed by atoms with Crippen LogP contribution in [-0.2, 0) is 0 Å². The average Bonchev–Trinajstić information content (AvgIpc) is 2.33. The summed E-state index contributed by atoms with van der Waals surface area (Å²) in [6.45, 7) is 2.18.